The van der Waals surface area contributed by atoms with E-state index in [2.05, 4.69) is 41.5 Å². The Labute approximate surface area is 198 Å². The fourth-order valence-corrected chi connectivity index (χ4v) is 4.58. The van der Waals surface area contributed by atoms with Crippen LogP contribution in [0.15, 0.2) is 34.6 Å². The van der Waals surface area contributed by atoms with Gasteiger partial charge in [-0.15, -0.1) is 0 Å². The Balaban J connectivity index is 1.43. The second-order valence-electron chi connectivity index (χ2n) is 8.82. The van der Waals surface area contributed by atoms with E-state index in [1.54, 1.807) is 14.2 Å². The first-order valence-corrected chi connectivity index (χ1v) is 12.3. The fraction of sp³-hybridized carbons (Fsp3) is 0.720. The second-order valence-corrected chi connectivity index (χ2v) is 8.82. The number of amides is 1. The molecule has 1 heterocycles. The molecular formula is C25H40N4O4. The van der Waals surface area contributed by atoms with Crippen LogP contribution in [0.5, 0.6) is 0 Å². The van der Waals surface area contributed by atoms with Gasteiger partial charge < -0.3 is 19.1 Å². The zero-order valence-corrected chi connectivity index (χ0v) is 20.4. The van der Waals surface area contributed by atoms with Gasteiger partial charge in [-0.3, -0.25) is 9.80 Å². The summed E-state index contributed by atoms with van der Waals surface area (Å²) >= 11 is 0. The molecule has 1 aliphatic heterocycles. The molecule has 1 amide bonds. The molecule has 1 aromatic rings. The van der Waals surface area contributed by atoms with Gasteiger partial charge in [-0.1, -0.05) is 48.8 Å². The molecule has 1 atom stereocenters. The number of carbonyl (C=O) groups is 1. The number of nitrogens with zero attached hydrogens (tertiary/aromatic N) is 4. The molecule has 0 saturated heterocycles. The van der Waals surface area contributed by atoms with Crippen LogP contribution in [-0.2, 0) is 25.4 Å². The van der Waals surface area contributed by atoms with Crippen LogP contribution in [0.4, 0.5) is 0 Å². The molecule has 1 unspecified atom stereocenters. The van der Waals surface area contributed by atoms with Crippen molar-refractivity contribution in [3.63, 3.8) is 0 Å². The van der Waals surface area contributed by atoms with Crippen LogP contribution in [0.1, 0.15) is 62.6 Å². The third-order valence-electron chi connectivity index (χ3n) is 6.60. The Kier molecular flexibility index (Phi) is 10.6. The van der Waals surface area contributed by atoms with Gasteiger partial charge in [0.2, 0.25) is 5.91 Å². The predicted octanol–water partition coefficient (Wildman–Crippen LogP) is 4.16. The van der Waals surface area contributed by atoms with Crippen molar-refractivity contribution in [2.75, 3.05) is 47.1 Å². The monoisotopic (exact) mass is 460 g/mol. The lowest BCUT2D eigenvalue weighted by Crippen LogP contribution is -2.46. The molecule has 1 aromatic carbocycles. The molecule has 8 heteroatoms. The SMILES string of the molecule is CCN1CC(c2cccc(CCOCCC(=O)N(CC(OC)OC)C3CCCCC3)c2)N=N1. The maximum atomic E-state index is 13.0. The van der Waals surface area contributed by atoms with Gasteiger partial charge in [-0.25, -0.2) is 0 Å². The average Bonchev–Trinajstić information content (AvgIpc) is 3.35. The highest BCUT2D eigenvalue weighted by atomic mass is 16.7. The highest BCUT2D eigenvalue weighted by Gasteiger charge is 2.27. The van der Waals surface area contributed by atoms with Crippen LogP contribution in [0.3, 0.4) is 0 Å². The first kappa shape index (κ1) is 25.6. The summed E-state index contributed by atoms with van der Waals surface area (Å²) in [6, 6.07) is 8.87. The van der Waals surface area contributed by atoms with E-state index in [0.717, 1.165) is 32.4 Å². The molecule has 1 saturated carbocycles. The van der Waals surface area contributed by atoms with E-state index in [0.29, 0.717) is 26.2 Å². The number of carbonyl (C=O) groups excluding carboxylic acids is 1. The third kappa shape index (κ3) is 7.76. The Morgan fingerprint density at radius 2 is 1.97 bits per heavy atom. The number of ether oxygens (including phenoxy) is 3. The van der Waals surface area contributed by atoms with Crippen molar-refractivity contribution >= 4 is 5.91 Å². The highest BCUT2D eigenvalue weighted by Crippen LogP contribution is 2.26. The lowest BCUT2D eigenvalue weighted by Gasteiger charge is -2.36. The summed E-state index contributed by atoms with van der Waals surface area (Å²) in [5, 5.41) is 10.6. The van der Waals surface area contributed by atoms with Crippen molar-refractivity contribution < 1.29 is 19.0 Å². The fourth-order valence-electron chi connectivity index (χ4n) is 4.58. The molecule has 0 spiro atoms. The summed E-state index contributed by atoms with van der Waals surface area (Å²) in [6.07, 6.45) is 6.51. The molecule has 0 aromatic heterocycles. The van der Waals surface area contributed by atoms with Crippen LogP contribution in [0.2, 0.25) is 0 Å². The highest BCUT2D eigenvalue weighted by molar-refractivity contribution is 5.76. The third-order valence-corrected chi connectivity index (χ3v) is 6.60. The summed E-state index contributed by atoms with van der Waals surface area (Å²) in [5.41, 5.74) is 2.41. The van der Waals surface area contributed by atoms with Gasteiger partial charge in [-0.05, 0) is 37.3 Å². The average molecular weight is 461 g/mol. The number of hydrogen-bond acceptors (Lipinski definition) is 7. The molecule has 8 nitrogen and oxygen atoms in total. The van der Waals surface area contributed by atoms with Crippen molar-refractivity contribution in [1.82, 2.24) is 9.91 Å². The molecule has 33 heavy (non-hydrogen) atoms. The Bertz CT molecular complexity index is 750. The van der Waals surface area contributed by atoms with Crippen LogP contribution in [0, 0.1) is 0 Å². The number of benzene rings is 1. The van der Waals surface area contributed by atoms with Gasteiger partial charge in [0.05, 0.1) is 32.7 Å². The molecular weight excluding hydrogens is 420 g/mol. The molecule has 1 aliphatic carbocycles. The zero-order valence-electron chi connectivity index (χ0n) is 20.4. The summed E-state index contributed by atoms with van der Waals surface area (Å²) in [4.78, 5) is 15.0. The quantitative estimate of drug-likeness (QED) is 0.326. The topological polar surface area (TPSA) is 76.0 Å². The Morgan fingerprint density at radius 3 is 2.67 bits per heavy atom. The minimum Gasteiger partial charge on any atom is -0.381 e. The van der Waals surface area contributed by atoms with Crippen LogP contribution in [0.25, 0.3) is 0 Å². The van der Waals surface area contributed by atoms with Crippen molar-refractivity contribution in [3.05, 3.63) is 35.4 Å². The number of methoxy groups -OCH3 is 2. The van der Waals surface area contributed by atoms with E-state index >= 15 is 0 Å². The number of hydrogen-bond donors (Lipinski definition) is 0. The summed E-state index contributed by atoms with van der Waals surface area (Å²) in [6.45, 7) is 5.28. The van der Waals surface area contributed by atoms with Gasteiger partial charge in [-0.2, -0.15) is 5.11 Å². The lowest BCUT2D eigenvalue weighted by molar-refractivity contribution is -0.151. The predicted molar refractivity (Wildman–Crippen MR) is 127 cm³/mol. The minimum atomic E-state index is -0.395. The van der Waals surface area contributed by atoms with Crippen molar-refractivity contribution in [3.8, 4) is 0 Å². The minimum absolute atomic E-state index is 0.109. The van der Waals surface area contributed by atoms with E-state index in [9.17, 15) is 4.79 Å². The first-order chi connectivity index (χ1) is 16.1. The van der Waals surface area contributed by atoms with Crippen LogP contribution >= 0.6 is 0 Å². The largest absolute Gasteiger partial charge is 0.381 e. The van der Waals surface area contributed by atoms with E-state index in [1.807, 2.05) is 9.91 Å². The summed E-state index contributed by atoms with van der Waals surface area (Å²) in [7, 11) is 3.23. The lowest BCUT2D eigenvalue weighted by atomic mass is 9.94. The number of rotatable bonds is 13. The first-order valence-electron chi connectivity index (χ1n) is 12.3. The molecule has 2 aliphatic rings. The second kappa shape index (κ2) is 13.6. The van der Waals surface area contributed by atoms with Gasteiger partial charge in [0, 0.05) is 26.8 Å². The van der Waals surface area contributed by atoms with E-state index in [4.69, 9.17) is 14.2 Å². The van der Waals surface area contributed by atoms with Gasteiger partial charge in [0.1, 0.15) is 6.04 Å². The Hall–Kier alpha value is -2.03. The van der Waals surface area contributed by atoms with E-state index in [-0.39, 0.29) is 18.0 Å². The molecule has 1 fully saturated rings. The maximum absolute atomic E-state index is 13.0. The molecule has 0 N–H and O–H groups in total. The smallest absolute Gasteiger partial charge is 0.225 e. The van der Waals surface area contributed by atoms with E-state index in [1.165, 1.54) is 30.4 Å². The van der Waals surface area contributed by atoms with Crippen molar-refractivity contribution in [1.29, 1.82) is 0 Å². The molecule has 3 rings (SSSR count). The van der Waals surface area contributed by atoms with Gasteiger partial charge >= 0.3 is 0 Å². The standard InChI is InChI=1S/C25H40N4O4/c1-4-28-18-23(26-27-28)21-10-8-9-20(17-21)13-15-33-16-14-24(30)29(19-25(31-2)32-3)22-11-6-5-7-12-22/h8-10,17,22-23,25H,4-7,11-16,18-19H2,1-3H3. The molecule has 0 bridgehead atoms. The van der Waals surface area contributed by atoms with Crippen LogP contribution < -0.4 is 0 Å². The normalized spacial score (nSPS) is 18.9. The maximum Gasteiger partial charge on any atom is 0.225 e. The Morgan fingerprint density at radius 1 is 1.18 bits per heavy atom. The summed E-state index contributed by atoms with van der Waals surface area (Å²) < 4.78 is 16.6. The zero-order chi connectivity index (χ0) is 23.5. The van der Waals surface area contributed by atoms with Crippen LogP contribution in [-0.4, -0.2) is 75.2 Å². The number of likely N-dealkylation sites (N-methyl/N-ethyl adjacent to an activating group) is 1. The van der Waals surface area contributed by atoms with Gasteiger partial charge in [0.15, 0.2) is 6.29 Å². The van der Waals surface area contributed by atoms with Crippen molar-refractivity contribution in [2.24, 2.45) is 10.3 Å². The molecule has 184 valence electrons. The summed E-state index contributed by atoms with van der Waals surface area (Å²) in [5.74, 6) is 0.120. The van der Waals surface area contributed by atoms with Crippen molar-refractivity contribution in [2.45, 2.75) is 70.2 Å². The van der Waals surface area contributed by atoms with E-state index < -0.39 is 6.29 Å². The molecule has 0 radical (unpaired) electrons. The van der Waals surface area contributed by atoms with Gasteiger partial charge in [0.25, 0.3) is 0 Å².